The molecule has 1 aliphatic rings. The Bertz CT molecular complexity index is 607. The van der Waals surface area contributed by atoms with E-state index in [2.05, 4.69) is 58.1 Å². The van der Waals surface area contributed by atoms with Gasteiger partial charge in [0.25, 0.3) is 0 Å². The van der Waals surface area contributed by atoms with Crippen molar-refractivity contribution in [2.24, 2.45) is 0 Å². The molecule has 0 spiro atoms. The summed E-state index contributed by atoms with van der Waals surface area (Å²) in [5, 5.41) is 0. The van der Waals surface area contributed by atoms with E-state index in [1.165, 1.54) is 0 Å². The van der Waals surface area contributed by atoms with Crippen LogP contribution < -0.4 is 0 Å². The van der Waals surface area contributed by atoms with Gasteiger partial charge in [-0.15, -0.1) is 26.0 Å². The molecule has 0 saturated carbocycles. The molecule has 0 aromatic carbocycles. The summed E-state index contributed by atoms with van der Waals surface area (Å²) in [6.45, 7) is 12.7. The third-order valence-electron chi connectivity index (χ3n) is 3.44. The van der Waals surface area contributed by atoms with Crippen molar-refractivity contribution in [2.75, 3.05) is 6.61 Å². The molecular formula is C25H34O2. The monoisotopic (exact) mass is 366 g/mol. The van der Waals surface area contributed by atoms with Gasteiger partial charge in [0.2, 0.25) is 0 Å². The van der Waals surface area contributed by atoms with Crippen LogP contribution in [0.3, 0.4) is 0 Å². The number of hydrogen-bond donors (Lipinski definition) is 0. The Labute approximate surface area is 166 Å². The zero-order valence-corrected chi connectivity index (χ0v) is 17.1. The summed E-state index contributed by atoms with van der Waals surface area (Å²) in [6, 6.07) is 0. The Kier molecular flexibility index (Phi) is 19.1. The van der Waals surface area contributed by atoms with Crippen LogP contribution in [0.4, 0.5) is 0 Å². The first-order chi connectivity index (χ1) is 13.2. The minimum atomic E-state index is -0.00109. The molecule has 0 bridgehead atoms. The van der Waals surface area contributed by atoms with Crippen LogP contribution in [0.15, 0.2) is 84.7 Å². The maximum Gasteiger partial charge on any atom is 0.189 e. The van der Waals surface area contributed by atoms with Gasteiger partial charge in [0.05, 0.1) is 12.2 Å². The summed E-state index contributed by atoms with van der Waals surface area (Å²) in [6.07, 6.45) is 29.4. The highest BCUT2D eigenvalue weighted by atomic mass is 16.5. The van der Waals surface area contributed by atoms with Gasteiger partial charge in [0.1, 0.15) is 5.76 Å². The lowest BCUT2D eigenvalue weighted by Crippen LogP contribution is -2.06. The van der Waals surface area contributed by atoms with Crippen LogP contribution >= 0.6 is 0 Å². The molecule has 0 atom stereocenters. The summed E-state index contributed by atoms with van der Waals surface area (Å²) in [5.41, 5.74) is 1.79. The number of terminal acetylenes is 1. The topological polar surface area (TPSA) is 26.3 Å². The van der Waals surface area contributed by atoms with Crippen molar-refractivity contribution >= 4 is 5.78 Å². The Hall–Kier alpha value is -2.79. The molecule has 0 amide bonds. The predicted octanol–water partition coefficient (Wildman–Crippen LogP) is 6.66. The number of carbonyl (C=O) groups is 1. The number of hydrogen-bond acceptors (Lipinski definition) is 2. The summed E-state index contributed by atoms with van der Waals surface area (Å²) in [4.78, 5) is 12.6. The Morgan fingerprint density at radius 1 is 1.19 bits per heavy atom. The van der Waals surface area contributed by atoms with E-state index in [0.29, 0.717) is 17.9 Å². The minimum Gasteiger partial charge on any atom is -0.493 e. The van der Waals surface area contributed by atoms with Crippen molar-refractivity contribution in [1.82, 2.24) is 0 Å². The lowest BCUT2D eigenvalue weighted by atomic mass is 10.0. The van der Waals surface area contributed by atoms with E-state index < -0.39 is 0 Å². The first-order valence-corrected chi connectivity index (χ1v) is 9.34. The third kappa shape index (κ3) is 12.2. The molecule has 0 radical (unpaired) electrons. The molecule has 0 N–H and O–H groups in total. The number of carbonyl (C=O) groups excluding carboxylic acids is 1. The standard InChI is InChI=1S/C21H28O2.C2H4.C2H2/c1-4-7-10-13-18(5-2)16-17-20(22)19-14-11-8-9-12-15-21(19)23-6-3;2*1-2/h7,9-10,12-17H,4-6,8,11H2,1-3H3;1-2H2;1-2H/b10-7-,12-9-,17-16+,18-13+,19-14?,21-15+;;. The molecular weight excluding hydrogens is 332 g/mol. The van der Waals surface area contributed by atoms with Gasteiger partial charge in [-0.1, -0.05) is 56.4 Å². The smallest absolute Gasteiger partial charge is 0.189 e. The van der Waals surface area contributed by atoms with E-state index in [-0.39, 0.29) is 5.78 Å². The van der Waals surface area contributed by atoms with Gasteiger partial charge >= 0.3 is 0 Å². The zero-order chi connectivity index (χ0) is 20.9. The van der Waals surface area contributed by atoms with Crippen LogP contribution in [-0.4, -0.2) is 12.4 Å². The van der Waals surface area contributed by atoms with Crippen molar-refractivity contribution in [3.63, 3.8) is 0 Å². The first kappa shape index (κ1) is 26.4. The number of allylic oxidation sites excluding steroid dienone is 11. The molecule has 0 aliphatic heterocycles. The summed E-state index contributed by atoms with van der Waals surface area (Å²) >= 11 is 0. The molecule has 1 aliphatic carbocycles. The highest BCUT2D eigenvalue weighted by Crippen LogP contribution is 2.18. The summed E-state index contributed by atoms with van der Waals surface area (Å²) in [7, 11) is 0. The second-order valence-corrected chi connectivity index (χ2v) is 5.22. The van der Waals surface area contributed by atoms with Crippen molar-refractivity contribution in [3.8, 4) is 12.8 Å². The second-order valence-electron chi connectivity index (χ2n) is 5.22. The fraction of sp³-hybridized carbons (Fsp3) is 0.320. The lowest BCUT2D eigenvalue weighted by molar-refractivity contribution is -0.111. The maximum absolute atomic E-state index is 12.6. The highest BCUT2D eigenvalue weighted by molar-refractivity contribution is 6.07. The predicted molar refractivity (Wildman–Crippen MR) is 119 cm³/mol. The van der Waals surface area contributed by atoms with Crippen LogP contribution in [0, 0.1) is 12.8 Å². The lowest BCUT2D eigenvalue weighted by Gasteiger charge is -2.11. The Balaban J connectivity index is 0. The largest absolute Gasteiger partial charge is 0.493 e. The molecule has 0 saturated heterocycles. The van der Waals surface area contributed by atoms with E-state index in [1.807, 2.05) is 37.3 Å². The van der Waals surface area contributed by atoms with Crippen LogP contribution in [-0.2, 0) is 9.53 Å². The first-order valence-electron chi connectivity index (χ1n) is 9.34. The van der Waals surface area contributed by atoms with Gasteiger partial charge in [-0.2, -0.15) is 0 Å². The van der Waals surface area contributed by atoms with Crippen LogP contribution in [0.1, 0.15) is 46.5 Å². The Morgan fingerprint density at radius 3 is 2.48 bits per heavy atom. The highest BCUT2D eigenvalue weighted by Gasteiger charge is 2.13. The molecule has 0 unspecified atom stereocenters. The van der Waals surface area contributed by atoms with Gasteiger partial charge in [-0.3, -0.25) is 4.79 Å². The maximum atomic E-state index is 12.6. The molecule has 0 fully saturated rings. The molecule has 0 aromatic rings. The second kappa shape index (κ2) is 19.5. The Morgan fingerprint density at radius 2 is 1.89 bits per heavy atom. The van der Waals surface area contributed by atoms with Crippen molar-refractivity contribution in [1.29, 1.82) is 0 Å². The van der Waals surface area contributed by atoms with Crippen molar-refractivity contribution in [3.05, 3.63) is 84.7 Å². The zero-order valence-electron chi connectivity index (χ0n) is 17.1. The minimum absolute atomic E-state index is 0.00109. The molecule has 2 nitrogen and oxygen atoms in total. The van der Waals surface area contributed by atoms with E-state index in [9.17, 15) is 4.79 Å². The number of ether oxygens (including phenoxy) is 1. The summed E-state index contributed by atoms with van der Waals surface area (Å²) < 4.78 is 5.63. The number of rotatable bonds is 8. The fourth-order valence-corrected chi connectivity index (χ4v) is 2.16. The number of ketones is 1. The molecule has 1 rings (SSSR count). The molecule has 2 heteroatoms. The fourth-order valence-electron chi connectivity index (χ4n) is 2.16. The van der Waals surface area contributed by atoms with Gasteiger partial charge < -0.3 is 4.74 Å². The molecule has 0 aromatic heterocycles. The quantitative estimate of drug-likeness (QED) is 0.208. The molecule has 0 heterocycles. The molecule has 146 valence electrons. The van der Waals surface area contributed by atoms with Gasteiger partial charge in [-0.05, 0) is 50.3 Å². The SMILES string of the molecule is C#C.C=C.CC\C=C/C=C(/C=C/C(=O)C1=CCC/C=C\C=C/1OCC)CC. The van der Waals surface area contributed by atoms with E-state index in [4.69, 9.17) is 4.74 Å². The van der Waals surface area contributed by atoms with Gasteiger partial charge in [0.15, 0.2) is 5.78 Å². The van der Waals surface area contributed by atoms with Crippen molar-refractivity contribution in [2.45, 2.75) is 46.5 Å². The van der Waals surface area contributed by atoms with E-state index >= 15 is 0 Å². The van der Waals surface area contributed by atoms with Crippen molar-refractivity contribution < 1.29 is 9.53 Å². The normalized spacial score (nSPS) is 17.1. The van der Waals surface area contributed by atoms with E-state index in [1.54, 1.807) is 6.08 Å². The van der Waals surface area contributed by atoms with Crippen LogP contribution in [0.2, 0.25) is 0 Å². The van der Waals surface area contributed by atoms with Crippen LogP contribution in [0.5, 0.6) is 0 Å². The van der Waals surface area contributed by atoms with Gasteiger partial charge in [-0.25, -0.2) is 0 Å². The summed E-state index contributed by atoms with van der Waals surface area (Å²) in [5.74, 6) is 0.657. The van der Waals surface area contributed by atoms with Gasteiger partial charge in [0, 0.05) is 0 Å². The van der Waals surface area contributed by atoms with Crippen LogP contribution in [0.25, 0.3) is 0 Å². The third-order valence-corrected chi connectivity index (χ3v) is 3.44. The average Bonchev–Trinajstić information content (AvgIpc) is 2.70. The molecule has 27 heavy (non-hydrogen) atoms. The average molecular weight is 367 g/mol. The van der Waals surface area contributed by atoms with E-state index in [0.717, 1.165) is 31.3 Å².